The van der Waals surface area contributed by atoms with E-state index in [1.54, 1.807) is 0 Å². The lowest BCUT2D eigenvalue weighted by atomic mass is 9.89. The number of amides is 2. The van der Waals surface area contributed by atoms with E-state index in [1.807, 2.05) is 0 Å². The lowest BCUT2D eigenvalue weighted by Gasteiger charge is -2.20. The van der Waals surface area contributed by atoms with Gasteiger partial charge in [0, 0.05) is 25.4 Å². The fraction of sp³-hybridized carbons (Fsp3) is 0.636. The third kappa shape index (κ3) is 7.19. The molecule has 0 bridgehead atoms. The molecular weight excluding hydrogens is 324 g/mol. The van der Waals surface area contributed by atoms with E-state index in [4.69, 9.17) is 0 Å². The van der Waals surface area contributed by atoms with Gasteiger partial charge in [-0.25, -0.2) is 0 Å². The van der Waals surface area contributed by atoms with Crippen LogP contribution in [-0.4, -0.2) is 24.9 Å². The largest absolute Gasteiger partial charge is 0.356 e. The van der Waals surface area contributed by atoms with Gasteiger partial charge in [-0.15, -0.1) is 0 Å². The maximum Gasteiger partial charge on any atom is 0.223 e. The molecule has 0 unspecified atom stereocenters. The number of hydrogen-bond donors (Lipinski definition) is 2. The maximum absolute atomic E-state index is 12.0. The molecule has 1 aromatic rings. The van der Waals surface area contributed by atoms with E-state index in [1.165, 1.54) is 17.5 Å². The molecule has 0 saturated heterocycles. The Balaban J connectivity index is 1.53. The van der Waals surface area contributed by atoms with Crippen molar-refractivity contribution in [3.8, 4) is 0 Å². The Hall–Kier alpha value is -1.84. The van der Waals surface area contributed by atoms with Crippen LogP contribution in [0.5, 0.6) is 0 Å². The van der Waals surface area contributed by atoms with Gasteiger partial charge in [-0.05, 0) is 42.7 Å². The van der Waals surface area contributed by atoms with E-state index in [0.717, 1.165) is 38.5 Å². The molecule has 26 heavy (non-hydrogen) atoms. The highest BCUT2D eigenvalue weighted by Gasteiger charge is 2.20. The number of rotatable bonds is 9. The smallest absolute Gasteiger partial charge is 0.223 e. The van der Waals surface area contributed by atoms with Crippen molar-refractivity contribution in [2.75, 3.05) is 13.1 Å². The number of benzene rings is 1. The normalized spacial score (nSPS) is 15.0. The van der Waals surface area contributed by atoms with Gasteiger partial charge in [0.05, 0.1) is 0 Å². The highest BCUT2D eigenvalue weighted by Crippen LogP contribution is 2.23. The van der Waals surface area contributed by atoms with Crippen molar-refractivity contribution in [3.63, 3.8) is 0 Å². The van der Waals surface area contributed by atoms with Crippen LogP contribution in [0.1, 0.15) is 75.8 Å². The number of aryl methyl sites for hydroxylation is 1. The first-order valence-corrected chi connectivity index (χ1v) is 10.2. The fourth-order valence-corrected chi connectivity index (χ4v) is 3.49. The Morgan fingerprint density at radius 1 is 1.00 bits per heavy atom. The zero-order chi connectivity index (χ0) is 18.8. The monoisotopic (exact) mass is 358 g/mol. The van der Waals surface area contributed by atoms with E-state index >= 15 is 0 Å². The first-order chi connectivity index (χ1) is 12.6. The van der Waals surface area contributed by atoms with Crippen LogP contribution in [0.3, 0.4) is 0 Å². The van der Waals surface area contributed by atoms with Gasteiger partial charge in [0.1, 0.15) is 0 Å². The molecule has 1 fully saturated rings. The van der Waals surface area contributed by atoms with E-state index < -0.39 is 0 Å². The Kier molecular flexibility index (Phi) is 8.66. The lowest BCUT2D eigenvalue weighted by Crippen LogP contribution is -2.35. The summed E-state index contributed by atoms with van der Waals surface area (Å²) in [6.45, 7) is 5.52. The second-order valence-electron chi connectivity index (χ2n) is 7.73. The summed E-state index contributed by atoms with van der Waals surface area (Å²) in [5, 5.41) is 5.86. The SMILES string of the molecule is CC(C)c1ccc(CCCNC(=O)CCNC(=O)C2CCCCC2)cc1. The van der Waals surface area contributed by atoms with Crippen molar-refractivity contribution in [2.45, 2.75) is 71.1 Å². The topological polar surface area (TPSA) is 58.2 Å². The van der Waals surface area contributed by atoms with Gasteiger partial charge in [-0.3, -0.25) is 9.59 Å². The Labute approximate surface area is 158 Å². The molecule has 1 aliphatic carbocycles. The van der Waals surface area contributed by atoms with Crippen LogP contribution in [-0.2, 0) is 16.0 Å². The molecule has 2 rings (SSSR count). The molecule has 0 radical (unpaired) electrons. The van der Waals surface area contributed by atoms with Crippen LogP contribution in [0.4, 0.5) is 0 Å². The van der Waals surface area contributed by atoms with Crippen molar-refractivity contribution in [1.29, 1.82) is 0 Å². The fourth-order valence-electron chi connectivity index (χ4n) is 3.49. The average molecular weight is 359 g/mol. The van der Waals surface area contributed by atoms with E-state index in [9.17, 15) is 9.59 Å². The molecule has 0 spiro atoms. The van der Waals surface area contributed by atoms with E-state index in [0.29, 0.717) is 25.4 Å². The van der Waals surface area contributed by atoms with Crippen LogP contribution < -0.4 is 10.6 Å². The highest BCUT2D eigenvalue weighted by molar-refractivity contribution is 5.80. The summed E-state index contributed by atoms with van der Waals surface area (Å²) in [6.07, 6.45) is 7.80. The number of nitrogens with one attached hydrogen (secondary N) is 2. The summed E-state index contributed by atoms with van der Waals surface area (Å²) >= 11 is 0. The standard InChI is InChI=1S/C22H34N2O2/c1-17(2)19-12-10-18(11-13-19)7-6-15-23-21(25)14-16-24-22(26)20-8-4-3-5-9-20/h10-13,17,20H,3-9,14-16H2,1-2H3,(H,23,25)(H,24,26). The van der Waals surface area contributed by atoms with Crippen LogP contribution in [0.15, 0.2) is 24.3 Å². The van der Waals surface area contributed by atoms with Gasteiger partial charge in [-0.1, -0.05) is 57.4 Å². The predicted molar refractivity (Wildman–Crippen MR) is 106 cm³/mol. The molecule has 4 nitrogen and oxygen atoms in total. The molecule has 0 atom stereocenters. The zero-order valence-electron chi connectivity index (χ0n) is 16.4. The molecule has 2 N–H and O–H groups in total. The van der Waals surface area contributed by atoms with Crippen molar-refractivity contribution < 1.29 is 9.59 Å². The minimum atomic E-state index is 0.0177. The first kappa shape index (κ1) is 20.5. The maximum atomic E-state index is 12.0. The van der Waals surface area contributed by atoms with Crippen molar-refractivity contribution >= 4 is 11.8 Å². The second-order valence-corrected chi connectivity index (χ2v) is 7.73. The van der Waals surface area contributed by atoms with Gasteiger partial charge in [0.25, 0.3) is 0 Å². The minimum absolute atomic E-state index is 0.0177. The Bertz CT molecular complexity index is 560. The van der Waals surface area contributed by atoms with E-state index in [-0.39, 0.29) is 17.7 Å². The molecular formula is C22H34N2O2. The van der Waals surface area contributed by atoms with Crippen LogP contribution in [0.2, 0.25) is 0 Å². The van der Waals surface area contributed by atoms with Gasteiger partial charge < -0.3 is 10.6 Å². The first-order valence-electron chi connectivity index (χ1n) is 10.2. The Morgan fingerprint density at radius 2 is 1.69 bits per heavy atom. The Morgan fingerprint density at radius 3 is 2.35 bits per heavy atom. The number of carbonyl (C=O) groups excluding carboxylic acids is 2. The summed E-state index contributed by atoms with van der Waals surface area (Å²) in [6, 6.07) is 8.73. The van der Waals surface area contributed by atoms with E-state index in [2.05, 4.69) is 48.7 Å². The van der Waals surface area contributed by atoms with Crippen LogP contribution in [0, 0.1) is 5.92 Å². The number of carbonyl (C=O) groups is 2. The van der Waals surface area contributed by atoms with Gasteiger partial charge in [0.2, 0.25) is 11.8 Å². The summed E-state index contributed by atoms with van der Waals surface area (Å²) in [4.78, 5) is 23.9. The lowest BCUT2D eigenvalue weighted by molar-refractivity contribution is -0.126. The second kappa shape index (κ2) is 11.0. The third-order valence-electron chi connectivity index (χ3n) is 5.24. The molecule has 4 heteroatoms. The molecule has 1 saturated carbocycles. The van der Waals surface area contributed by atoms with Crippen molar-refractivity contribution in [2.24, 2.45) is 5.92 Å². The zero-order valence-corrected chi connectivity index (χ0v) is 16.4. The van der Waals surface area contributed by atoms with Crippen molar-refractivity contribution in [1.82, 2.24) is 10.6 Å². The molecule has 1 aliphatic rings. The van der Waals surface area contributed by atoms with Crippen LogP contribution in [0.25, 0.3) is 0 Å². The van der Waals surface area contributed by atoms with Gasteiger partial charge >= 0.3 is 0 Å². The van der Waals surface area contributed by atoms with Crippen LogP contribution >= 0.6 is 0 Å². The minimum Gasteiger partial charge on any atom is -0.356 e. The van der Waals surface area contributed by atoms with Crippen molar-refractivity contribution in [3.05, 3.63) is 35.4 Å². The molecule has 1 aromatic carbocycles. The summed E-state index contributed by atoms with van der Waals surface area (Å²) in [5.74, 6) is 0.863. The molecule has 0 aromatic heterocycles. The molecule has 2 amide bonds. The van der Waals surface area contributed by atoms with Gasteiger partial charge in [-0.2, -0.15) is 0 Å². The highest BCUT2D eigenvalue weighted by atomic mass is 16.2. The quantitative estimate of drug-likeness (QED) is 0.657. The predicted octanol–water partition coefficient (Wildman–Crippen LogP) is 3.95. The van der Waals surface area contributed by atoms with Gasteiger partial charge in [0.15, 0.2) is 0 Å². The average Bonchev–Trinajstić information content (AvgIpc) is 2.66. The molecule has 0 heterocycles. The summed E-state index contributed by atoms with van der Waals surface area (Å²) < 4.78 is 0. The molecule has 144 valence electrons. The molecule has 0 aliphatic heterocycles. The summed E-state index contributed by atoms with van der Waals surface area (Å²) in [7, 11) is 0. The number of hydrogen-bond acceptors (Lipinski definition) is 2. The third-order valence-corrected chi connectivity index (χ3v) is 5.24. The summed E-state index contributed by atoms with van der Waals surface area (Å²) in [5.41, 5.74) is 2.67.